The zero-order valence-electron chi connectivity index (χ0n) is 25.9. The first kappa shape index (κ1) is 28.0. The van der Waals surface area contributed by atoms with E-state index in [1.54, 1.807) is 5.69 Å². The van der Waals surface area contributed by atoms with E-state index in [1.165, 1.54) is 70.7 Å². The summed E-state index contributed by atoms with van der Waals surface area (Å²) in [4.78, 5) is 0. The molecule has 42 heavy (non-hydrogen) atoms. The van der Waals surface area contributed by atoms with Crippen LogP contribution in [0.5, 0.6) is 0 Å². The lowest BCUT2D eigenvalue weighted by Gasteiger charge is -2.43. The van der Waals surface area contributed by atoms with Crippen LogP contribution in [0.2, 0.25) is 0 Å². The summed E-state index contributed by atoms with van der Waals surface area (Å²) < 4.78 is 5.89. The Bertz CT molecular complexity index is 1690. The maximum atomic E-state index is 5.78. The summed E-state index contributed by atoms with van der Waals surface area (Å²) in [5, 5.41) is 3.54. The number of aromatic nitrogens is 2. The lowest BCUT2D eigenvalue weighted by atomic mass is 9.68. The standard InChI is InChI=1S/C39H46N2S/c1-6-8-18-35-26(3)30-15-9-12-19-36(30)41(35)29-22-23-39(5)34(25-29)33(27(4)42-39)24-28(7-2)40-37-20-13-10-16-31(37)32-17-11-14-21-38(32)40/h1,9-13,15-17,19-20,27-29,33-34H,7-8,14,18,21-25H2,2-5H3. The van der Waals surface area contributed by atoms with Gasteiger partial charge in [-0.15, -0.1) is 12.3 Å². The molecule has 0 bridgehead atoms. The fourth-order valence-corrected chi connectivity index (χ4v) is 11.3. The molecular formula is C39H46N2S. The molecule has 2 fully saturated rings. The van der Waals surface area contributed by atoms with Crippen LogP contribution in [0.15, 0.2) is 54.6 Å². The highest BCUT2D eigenvalue weighted by Crippen LogP contribution is 2.61. The van der Waals surface area contributed by atoms with E-state index in [0.29, 0.717) is 22.1 Å². The molecule has 1 saturated carbocycles. The van der Waals surface area contributed by atoms with Crippen LogP contribution in [0.1, 0.15) is 100 Å². The Morgan fingerprint density at radius 3 is 2.64 bits per heavy atom. The van der Waals surface area contributed by atoms with Gasteiger partial charge >= 0.3 is 0 Å². The van der Waals surface area contributed by atoms with Crippen LogP contribution in [-0.2, 0) is 12.8 Å². The van der Waals surface area contributed by atoms with Gasteiger partial charge in [-0.05, 0) is 87.8 Å². The van der Waals surface area contributed by atoms with Crippen LogP contribution in [0, 0.1) is 31.1 Å². The van der Waals surface area contributed by atoms with Crippen molar-refractivity contribution in [2.75, 3.05) is 0 Å². The number of hydrogen-bond donors (Lipinski definition) is 0. The Labute approximate surface area is 256 Å². The number of nitrogens with zero attached hydrogens (tertiary/aromatic N) is 2. The van der Waals surface area contributed by atoms with Crippen molar-refractivity contribution in [1.82, 2.24) is 9.13 Å². The number of para-hydroxylation sites is 2. The minimum atomic E-state index is 0.372. The second-order valence-electron chi connectivity index (χ2n) is 13.5. The first-order valence-electron chi connectivity index (χ1n) is 16.4. The van der Waals surface area contributed by atoms with E-state index in [9.17, 15) is 0 Å². The van der Waals surface area contributed by atoms with Gasteiger partial charge in [0, 0.05) is 67.3 Å². The van der Waals surface area contributed by atoms with Crippen molar-refractivity contribution in [3.05, 3.63) is 77.1 Å². The lowest BCUT2D eigenvalue weighted by Crippen LogP contribution is -2.38. The van der Waals surface area contributed by atoms with E-state index in [4.69, 9.17) is 6.42 Å². The van der Waals surface area contributed by atoms with E-state index in [0.717, 1.165) is 37.5 Å². The highest BCUT2D eigenvalue weighted by molar-refractivity contribution is 8.01. The van der Waals surface area contributed by atoms with Gasteiger partial charge < -0.3 is 9.13 Å². The van der Waals surface area contributed by atoms with E-state index in [2.05, 4.69) is 115 Å². The summed E-state index contributed by atoms with van der Waals surface area (Å²) in [5.41, 5.74) is 8.81. The van der Waals surface area contributed by atoms with Crippen molar-refractivity contribution in [3.63, 3.8) is 0 Å². The Hall–Kier alpha value is -2.83. The number of rotatable bonds is 7. The monoisotopic (exact) mass is 574 g/mol. The minimum Gasteiger partial charge on any atom is -0.341 e. The molecular weight excluding hydrogens is 529 g/mol. The van der Waals surface area contributed by atoms with Crippen LogP contribution >= 0.6 is 11.8 Å². The number of thioether (sulfide) groups is 1. The van der Waals surface area contributed by atoms with E-state index in [1.807, 2.05) is 0 Å². The van der Waals surface area contributed by atoms with E-state index >= 15 is 0 Å². The molecule has 0 amide bonds. The molecule has 1 aliphatic heterocycles. The molecule has 0 radical (unpaired) electrons. The molecule has 1 saturated heterocycles. The third kappa shape index (κ3) is 4.40. The summed E-state index contributed by atoms with van der Waals surface area (Å²) in [6.07, 6.45) is 21.0. The van der Waals surface area contributed by atoms with Crippen molar-refractivity contribution < 1.29 is 0 Å². The van der Waals surface area contributed by atoms with Crippen molar-refractivity contribution in [2.24, 2.45) is 11.8 Å². The van der Waals surface area contributed by atoms with Crippen LogP contribution in [0.4, 0.5) is 0 Å². The second-order valence-corrected chi connectivity index (χ2v) is 15.4. The highest BCUT2D eigenvalue weighted by atomic mass is 32.2. The largest absolute Gasteiger partial charge is 0.341 e. The third-order valence-corrected chi connectivity index (χ3v) is 13.1. The predicted molar refractivity (Wildman–Crippen MR) is 182 cm³/mol. The Morgan fingerprint density at radius 1 is 1.10 bits per heavy atom. The first-order chi connectivity index (χ1) is 20.4. The average molecular weight is 575 g/mol. The van der Waals surface area contributed by atoms with Crippen molar-refractivity contribution in [2.45, 2.75) is 108 Å². The van der Waals surface area contributed by atoms with E-state index < -0.39 is 0 Å². The zero-order valence-corrected chi connectivity index (χ0v) is 26.7. The van der Waals surface area contributed by atoms with Crippen molar-refractivity contribution >= 4 is 39.6 Å². The maximum absolute atomic E-state index is 5.78. The van der Waals surface area contributed by atoms with Crippen LogP contribution in [-0.4, -0.2) is 19.1 Å². The van der Waals surface area contributed by atoms with Gasteiger partial charge in [0.25, 0.3) is 0 Å². The Morgan fingerprint density at radius 2 is 1.86 bits per heavy atom. The second kappa shape index (κ2) is 11.0. The van der Waals surface area contributed by atoms with Gasteiger partial charge in [0.2, 0.25) is 0 Å². The number of aryl methyl sites for hydroxylation is 1. The van der Waals surface area contributed by atoms with Gasteiger partial charge in [0.1, 0.15) is 0 Å². The zero-order chi connectivity index (χ0) is 29.0. The topological polar surface area (TPSA) is 9.86 Å². The fraction of sp³-hybridized carbons (Fsp3) is 0.487. The van der Waals surface area contributed by atoms with Gasteiger partial charge in [-0.2, -0.15) is 11.8 Å². The van der Waals surface area contributed by atoms with Gasteiger partial charge in [-0.25, -0.2) is 0 Å². The van der Waals surface area contributed by atoms with Gasteiger partial charge in [-0.1, -0.05) is 69.3 Å². The Kier molecular flexibility index (Phi) is 7.34. The SMILES string of the molecule is C#CCCc1c(C)c2ccccc2n1C1CCC2(C)SC(C)C(CC(CC)n3c4c(c5ccccc53)C=CCC4)C2C1. The third-order valence-electron chi connectivity index (χ3n) is 11.3. The Balaban J connectivity index is 1.24. The molecule has 6 unspecified atom stereocenters. The fourth-order valence-electron chi connectivity index (χ4n) is 9.29. The van der Waals surface area contributed by atoms with Crippen LogP contribution < -0.4 is 0 Å². The number of allylic oxidation sites excluding steroid dienone is 1. The maximum Gasteiger partial charge on any atom is 0.0491 e. The quantitative estimate of drug-likeness (QED) is 0.200. The average Bonchev–Trinajstić information content (AvgIpc) is 3.58. The van der Waals surface area contributed by atoms with Crippen molar-refractivity contribution in [3.8, 4) is 12.3 Å². The summed E-state index contributed by atoms with van der Waals surface area (Å²) in [5.74, 6) is 4.38. The molecule has 3 heterocycles. The van der Waals surface area contributed by atoms with Gasteiger partial charge in [0.05, 0.1) is 0 Å². The molecule has 7 rings (SSSR count). The number of hydrogen-bond acceptors (Lipinski definition) is 1. The molecule has 6 atom stereocenters. The minimum absolute atomic E-state index is 0.372. The molecule has 0 spiro atoms. The molecule has 2 aromatic carbocycles. The molecule has 2 nitrogen and oxygen atoms in total. The van der Waals surface area contributed by atoms with E-state index in [-0.39, 0.29) is 0 Å². The number of fused-ring (bicyclic) bond motifs is 5. The van der Waals surface area contributed by atoms with Crippen molar-refractivity contribution in [1.29, 1.82) is 0 Å². The summed E-state index contributed by atoms with van der Waals surface area (Å²) in [6, 6.07) is 19.3. The van der Waals surface area contributed by atoms with Crippen LogP contribution in [0.25, 0.3) is 27.9 Å². The molecule has 218 valence electrons. The first-order valence-corrected chi connectivity index (χ1v) is 17.3. The molecule has 3 aliphatic rings. The molecule has 3 heteroatoms. The summed E-state index contributed by atoms with van der Waals surface area (Å²) in [7, 11) is 0. The highest BCUT2D eigenvalue weighted by Gasteiger charge is 2.53. The number of benzene rings is 2. The number of terminal acetylenes is 1. The molecule has 4 aromatic rings. The van der Waals surface area contributed by atoms with Gasteiger partial charge in [0.15, 0.2) is 0 Å². The molecule has 2 aromatic heterocycles. The molecule has 0 N–H and O–H groups in total. The normalized spacial score (nSPS) is 27.7. The summed E-state index contributed by atoms with van der Waals surface area (Å²) >= 11 is 2.31. The molecule has 2 aliphatic carbocycles. The lowest BCUT2D eigenvalue weighted by molar-refractivity contribution is 0.155. The van der Waals surface area contributed by atoms with Crippen LogP contribution in [0.3, 0.4) is 0 Å². The smallest absolute Gasteiger partial charge is 0.0491 e. The summed E-state index contributed by atoms with van der Waals surface area (Å²) in [6.45, 7) is 9.88. The van der Waals surface area contributed by atoms with Gasteiger partial charge in [-0.3, -0.25) is 0 Å². The predicted octanol–water partition coefficient (Wildman–Crippen LogP) is 10.3.